The molecule has 1 atom stereocenters. The molecule has 2 aromatic carbocycles. The second-order valence-electron chi connectivity index (χ2n) is 6.25. The molecule has 0 spiro atoms. The Kier molecular flexibility index (Phi) is 9.67. The number of halogens is 1. The number of unbranched alkanes of at least 4 members (excludes halogenated alkanes) is 1. The van der Waals surface area contributed by atoms with E-state index in [0.29, 0.717) is 12.2 Å². The molecule has 0 aliphatic carbocycles. The number of phenols is 2. The molecule has 0 aromatic heterocycles. The Morgan fingerprint density at radius 3 is 2.15 bits per heavy atom. The summed E-state index contributed by atoms with van der Waals surface area (Å²) in [7, 11) is 0. The molecule has 1 unspecified atom stereocenters. The highest BCUT2D eigenvalue weighted by atomic mass is 79.9. The Bertz CT molecular complexity index is 693. The van der Waals surface area contributed by atoms with Crippen LogP contribution in [0.2, 0.25) is 0 Å². The number of hydrogen-bond donors (Lipinski definition) is 4. The third-order valence-corrected chi connectivity index (χ3v) is 4.24. The number of nitrogens with two attached hydrogens (primary N) is 1. The van der Waals surface area contributed by atoms with Gasteiger partial charge in [0.25, 0.3) is 0 Å². The summed E-state index contributed by atoms with van der Waals surface area (Å²) in [6.45, 7) is 2.77. The van der Waals surface area contributed by atoms with E-state index in [1.165, 1.54) is 4.90 Å². The summed E-state index contributed by atoms with van der Waals surface area (Å²) >= 11 is 0. The van der Waals surface area contributed by atoms with E-state index in [0.717, 1.165) is 31.2 Å². The van der Waals surface area contributed by atoms with Crippen LogP contribution in [0.15, 0.2) is 48.5 Å². The predicted molar refractivity (Wildman–Crippen MR) is 114 cm³/mol. The minimum Gasteiger partial charge on any atom is -0.508 e. The quantitative estimate of drug-likeness (QED) is 0.446. The number of phenolic OH excluding ortho intramolecular Hbond substituents is 2. The van der Waals surface area contributed by atoms with Crippen molar-refractivity contribution in [2.24, 2.45) is 5.73 Å². The topological polar surface area (TPSA) is 98.8 Å². The molecule has 2 aromatic rings. The number of primary amides is 1. The van der Waals surface area contributed by atoms with Gasteiger partial charge in [-0.25, -0.2) is 4.79 Å². The second-order valence-corrected chi connectivity index (χ2v) is 6.25. The molecule has 0 aliphatic rings. The van der Waals surface area contributed by atoms with Gasteiger partial charge in [0.05, 0.1) is 6.17 Å². The van der Waals surface area contributed by atoms with Gasteiger partial charge >= 0.3 is 6.03 Å². The van der Waals surface area contributed by atoms with Crippen molar-refractivity contribution in [3.8, 4) is 11.5 Å². The van der Waals surface area contributed by atoms with Gasteiger partial charge in [-0.2, -0.15) is 0 Å². The Morgan fingerprint density at radius 2 is 1.63 bits per heavy atom. The first-order valence-corrected chi connectivity index (χ1v) is 8.90. The first-order valence-electron chi connectivity index (χ1n) is 8.90. The lowest BCUT2D eigenvalue weighted by molar-refractivity contribution is 0.249. The summed E-state index contributed by atoms with van der Waals surface area (Å²) in [5.41, 5.74) is 7.38. The van der Waals surface area contributed by atoms with Crippen LogP contribution in [-0.4, -0.2) is 29.0 Å². The van der Waals surface area contributed by atoms with Crippen LogP contribution in [0.4, 0.5) is 10.5 Å². The van der Waals surface area contributed by atoms with Crippen molar-refractivity contribution < 1.29 is 15.0 Å². The van der Waals surface area contributed by atoms with Crippen LogP contribution in [-0.2, 0) is 6.42 Å². The van der Waals surface area contributed by atoms with Crippen LogP contribution in [0.5, 0.6) is 11.5 Å². The third kappa shape index (κ3) is 7.11. The SMILES string of the molecule is Br.CCCCC(NCCc1ccc(O)cc1)N(C(N)=O)c1ccc(O)cc1. The Balaban J connectivity index is 0.00000364. The summed E-state index contributed by atoms with van der Waals surface area (Å²) in [5, 5.41) is 22.2. The number of anilines is 1. The van der Waals surface area contributed by atoms with E-state index in [4.69, 9.17) is 5.73 Å². The lowest BCUT2D eigenvalue weighted by atomic mass is 10.1. The van der Waals surface area contributed by atoms with Gasteiger partial charge in [-0.3, -0.25) is 10.2 Å². The van der Waals surface area contributed by atoms with E-state index < -0.39 is 6.03 Å². The lowest BCUT2D eigenvalue weighted by Crippen LogP contribution is -2.51. The molecule has 0 heterocycles. The van der Waals surface area contributed by atoms with Crippen molar-refractivity contribution in [3.63, 3.8) is 0 Å². The number of nitrogens with zero attached hydrogens (tertiary/aromatic N) is 1. The van der Waals surface area contributed by atoms with Crippen LogP contribution >= 0.6 is 17.0 Å². The Labute approximate surface area is 170 Å². The van der Waals surface area contributed by atoms with Crippen LogP contribution in [0, 0.1) is 0 Å². The molecule has 0 saturated heterocycles. The van der Waals surface area contributed by atoms with Gasteiger partial charge in [0.15, 0.2) is 0 Å². The van der Waals surface area contributed by atoms with E-state index in [1.54, 1.807) is 36.4 Å². The molecule has 7 heteroatoms. The van der Waals surface area contributed by atoms with Gasteiger partial charge in [0.1, 0.15) is 11.5 Å². The molecule has 6 nitrogen and oxygen atoms in total. The Morgan fingerprint density at radius 1 is 1.07 bits per heavy atom. The third-order valence-electron chi connectivity index (χ3n) is 4.24. The van der Waals surface area contributed by atoms with Crippen molar-refractivity contribution >= 4 is 28.7 Å². The summed E-state index contributed by atoms with van der Waals surface area (Å²) in [6, 6.07) is 13.0. The Hall–Kier alpha value is -2.25. The molecule has 0 aliphatic heterocycles. The fourth-order valence-corrected chi connectivity index (χ4v) is 2.84. The first kappa shape index (κ1) is 22.8. The summed E-state index contributed by atoms with van der Waals surface area (Å²) in [5.74, 6) is 0.387. The van der Waals surface area contributed by atoms with Crippen LogP contribution < -0.4 is 16.0 Å². The molecule has 148 valence electrons. The van der Waals surface area contributed by atoms with E-state index in [9.17, 15) is 15.0 Å². The number of rotatable bonds is 9. The molecule has 2 rings (SSSR count). The molecule has 0 radical (unpaired) electrons. The smallest absolute Gasteiger partial charge is 0.320 e. The second kappa shape index (κ2) is 11.5. The maximum absolute atomic E-state index is 12.1. The maximum Gasteiger partial charge on any atom is 0.320 e. The largest absolute Gasteiger partial charge is 0.508 e. The first-order chi connectivity index (χ1) is 12.5. The zero-order valence-corrected chi connectivity index (χ0v) is 17.2. The normalized spacial score (nSPS) is 11.4. The number of urea groups is 1. The number of carbonyl (C=O) groups excluding carboxylic acids is 1. The molecular formula is C20H28BrN3O3. The minimum atomic E-state index is -0.533. The van der Waals surface area contributed by atoms with Gasteiger partial charge in [-0.15, -0.1) is 17.0 Å². The van der Waals surface area contributed by atoms with Crippen molar-refractivity contribution in [1.29, 1.82) is 0 Å². The molecule has 0 bridgehead atoms. The van der Waals surface area contributed by atoms with E-state index in [2.05, 4.69) is 12.2 Å². The monoisotopic (exact) mass is 437 g/mol. The van der Waals surface area contributed by atoms with Gasteiger partial charge in [-0.05, 0) is 54.8 Å². The molecule has 0 saturated carbocycles. The maximum atomic E-state index is 12.1. The number of benzene rings is 2. The fraction of sp³-hybridized carbons (Fsp3) is 0.350. The highest BCUT2D eigenvalue weighted by molar-refractivity contribution is 8.93. The number of hydrogen-bond acceptors (Lipinski definition) is 4. The lowest BCUT2D eigenvalue weighted by Gasteiger charge is -2.31. The van der Waals surface area contributed by atoms with Crippen molar-refractivity contribution in [1.82, 2.24) is 5.32 Å². The fourth-order valence-electron chi connectivity index (χ4n) is 2.84. The zero-order valence-electron chi connectivity index (χ0n) is 15.5. The number of carbonyl (C=O) groups is 1. The molecule has 2 amide bonds. The average molecular weight is 438 g/mol. The zero-order chi connectivity index (χ0) is 18.9. The van der Waals surface area contributed by atoms with E-state index in [-0.39, 0.29) is 34.6 Å². The van der Waals surface area contributed by atoms with Crippen LogP contribution in [0.25, 0.3) is 0 Å². The van der Waals surface area contributed by atoms with E-state index >= 15 is 0 Å². The molecule has 5 N–H and O–H groups in total. The number of aromatic hydroxyl groups is 2. The van der Waals surface area contributed by atoms with Gasteiger partial charge in [0, 0.05) is 12.2 Å². The van der Waals surface area contributed by atoms with Crippen LogP contribution in [0.3, 0.4) is 0 Å². The molecular weight excluding hydrogens is 410 g/mol. The summed E-state index contributed by atoms with van der Waals surface area (Å²) < 4.78 is 0. The van der Waals surface area contributed by atoms with Gasteiger partial charge in [0.2, 0.25) is 0 Å². The average Bonchev–Trinajstić information content (AvgIpc) is 2.62. The van der Waals surface area contributed by atoms with Crippen molar-refractivity contribution in [3.05, 3.63) is 54.1 Å². The van der Waals surface area contributed by atoms with Crippen molar-refractivity contribution in [2.45, 2.75) is 38.8 Å². The highest BCUT2D eigenvalue weighted by Crippen LogP contribution is 2.22. The molecule has 0 fully saturated rings. The van der Waals surface area contributed by atoms with Gasteiger partial charge < -0.3 is 15.9 Å². The summed E-state index contributed by atoms with van der Waals surface area (Å²) in [6.07, 6.45) is 3.28. The van der Waals surface area contributed by atoms with Crippen molar-refractivity contribution in [2.75, 3.05) is 11.4 Å². The predicted octanol–water partition coefficient (Wildman–Crippen LogP) is 3.91. The standard InChI is InChI=1S/C20H27N3O3.BrH/c1-2-3-4-19(22-14-13-15-5-9-17(24)10-6-15)23(20(21)26)16-7-11-18(25)12-8-16;/h5-12,19,22,24-25H,2-4,13-14H2,1H3,(H2,21,26);1H. The highest BCUT2D eigenvalue weighted by Gasteiger charge is 2.22. The number of nitrogens with one attached hydrogen (secondary N) is 1. The minimum absolute atomic E-state index is 0. The molecule has 27 heavy (non-hydrogen) atoms. The summed E-state index contributed by atoms with van der Waals surface area (Å²) in [4.78, 5) is 13.6. The number of amides is 2. The van der Waals surface area contributed by atoms with Gasteiger partial charge in [-0.1, -0.05) is 31.9 Å². The van der Waals surface area contributed by atoms with E-state index in [1.807, 2.05) is 12.1 Å². The van der Waals surface area contributed by atoms with Crippen LogP contribution in [0.1, 0.15) is 31.7 Å².